The molecular weight excluding hydrogens is 292 g/mol. The molecule has 0 spiro atoms. The van der Waals surface area contributed by atoms with Crippen molar-refractivity contribution in [2.45, 2.75) is 50.2 Å². The summed E-state index contributed by atoms with van der Waals surface area (Å²) >= 11 is 0. The highest BCUT2D eigenvalue weighted by molar-refractivity contribution is 5.35. The molecule has 2 aliphatic heterocycles. The molecule has 0 radical (unpaired) electrons. The first-order valence-electron chi connectivity index (χ1n) is 8.91. The summed E-state index contributed by atoms with van der Waals surface area (Å²) in [7, 11) is 0. The van der Waals surface area contributed by atoms with Crippen LogP contribution in [0.25, 0.3) is 0 Å². The molecule has 1 N–H and O–H groups in total. The molecule has 126 valence electrons. The van der Waals surface area contributed by atoms with Crippen molar-refractivity contribution in [1.82, 2.24) is 14.9 Å². The smallest absolute Gasteiger partial charge is 0.150 e. The second-order valence-corrected chi connectivity index (χ2v) is 6.74. The Morgan fingerprint density at radius 2 is 1.96 bits per heavy atom. The second-order valence-electron chi connectivity index (χ2n) is 6.74. The normalized spacial score (nSPS) is 27.6. The Bertz CT molecular complexity index is 517. The first-order valence-corrected chi connectivity index (χ1v) is 8.91. The summed E-state index contributed by atoms with van der Waals surface area (Å²) in [6, 6.07) is 3.29. The molecule has 3 aliphatic rings. The van der Waals surface area contributed by atoms with Crippen LogP contribution >= 0.6 is 0 Å². The van der Waals surface area contributed by atoms with Gasteiger partial charge in [0, 0.05) is 38.0 Å². The van der Waals surface area contributed by atoms with Gasteiger partial charge in [-0.1, -0.05) is 0 Å². The fourth-order valence-electron chi connectivity index (χ4n) is 3.67. The Balaban J connectivity index is 1.50. The highest BCUT2D eigenvalue weighted by Crippen LogP contribution is 2.29. The topological polar surface area (TPSA) is 59.5 Å². The lowest BCUT2D eigenvalue weighted by Gasteiger charge is -2.41. The van der Waals surface area contributed by atoms with Crippen LogP contribution in [0, 0.1) is 0 Å². The number of nitrogens with one attached hydrogen (secondary N) is 1. The van der Waals surface area contributed by atoms with Crippen molar-refractivity contribution in [3.63, 3.8) is 0 Å². The summed E-state index contributed by atoms with van der Waals surface area (Å²) in [6.07, 6.45) is 7.89. The lowest BCUT2D eigenvalue weighted by Crippen LogP contribution is -2.48. The number of nitrogens with zero attached hydrogens (tertiary/aromatic N) is 3. The maximum atomic E-state index is 5.74. The van der Waals surface area contributed by atoms with Gasteiger partial charge in [0.25, 0.3) is 0 Å². The van der Waals surface area contributed by atoms with E-state index in [0.29, 0.717) is 18.7 Å². The van der Waals surface area contributed by atoms with E-state index < -0.39 is 0 Å². The van der Waals surface area contributed by atoms with Gasteiger partial charge >= 0.3 is 0 Å². The number of aromatic nitrogens is 2. The number of anilines is 1. The third-order valence-electron chi connectivity index (χ3n) is 5.26. The molecule has 1 aromatic rings. The van der Waals surface area contributed by atoms with E-state index in [2.05, 4.69) is 15.2 Å². The Kier molecular flexibility index (Phi) is 4.73. The van der Waals surface area contributed by atoms with Crippen LogP contribution in [0.15, 0.2) is 12.3 Å². The standard InChI is InChI=1S/C17H26N4O2/c1-2-13(3-1)19-16-4-7-18-17(20-16)15-12-23-11-8-21(15)14-5-9-22-10-6-14/h4,7,13-15H,1-3,5-6,8-12H2,(H,18,19,20)/t15-/m0/s1. The summed E-state index contributed by atoms with van der Waals surface area (Å²) in [5.74, 6) is 1.85. The minimum absolute atomic E-state index is 0.162. The van der Waals surface area contributed by atoms with Crippen molar-refractivity contribution in [3.8, 4) is 0 Å². The van der Waals surface area contributed by atoms with E-state index >= 15 is 0 Å². The molecular formula is C17H26N4O2. The monoisotopic (exact) mass is 318 g/mol. The van der Waals surface area contributed by atoms with E-state index in [0.717, 1.165) is 50.8 Å². The molecule has 1 aromatic heterocycles. The van der Waals surface area contributed by atoms with Gasteiger partial charge in [-0.15, -0.1) is 0 Å². The van der Waals surface area contributed by atoms with Crippen LogP contribution in [0.4, 0.5) is 5.82 Å². The fourth-order valence-corrected chi connectivity index (χ4v) is 3.67. The van der Waals surface area contributed by atoms with Crippen LogP contribution in [-0.2, 0) is 9.47 Å². The Labute approximate surface area is 137 Å². The van der Waals surface area contributed by atoms with Crippen molar-refractivity contribution in [1.29, 1.82) is 0 Å². The fraction of sp³-hybridized carbons (Fsp3) is 0.765. The molecule has 1 aliphatic carbocycles. The molecule has 0 amide bonds. The average molecular weight is 318 g/mol. The quantitative estimate of drug-likeness (QED) is 0.916. The first-order chi connectivity index (χ1) is 11.4. The van der Waals surface area contributed by atoms with E-state index in [1.165, 1.54) is 19.3 Å². The van der Waals surface area contributed by atoms with Crippen molar-refractivity contribution in [2.24, 2.45) is 0 Å². The van der Waals surface area contributed by atoms with E-state index in [1.54, 1.807) is 0 Å². The third kappa shape index (κ3) is 3.49. The van der Waals surface area contributed by atoms with Crippen LogP contribution < -0.4 is 5.32 Å². The van der Waals surface area contributed by atoms with E-state index in [-0.39, 0.29) is 6.04 Å². The number of morpholine rings is 1. The highest BCUT2D eigenvalue weighted by Gasteiger charge is 2.33. The lowest BCUT2D eigenvalue weighted by molar-refractivity contribution is -0.0591. The average Bonchev–Trinajstić information content (AvgIpc) is 2.59. The second kappa shape index (κ2) is 7.11. The minimum Gasteiger partial charge on any atom is -0.381 e. The van der Waals surface area contributed by atoms with E-state index in [4.69, 9.17) is 14.5 Å². The zero-order chi connectivity index (χ0) is 15.5. The molecule has 6 nitrogen and oxygen atoms in total. The van der Waals surface area contributed by atoms with Crippen molar-refractivity contribution >= 4 is 5.82 Å². The molecule has 3 fully saturated rings. The Morgan fingerprint density at radius 1 is 1.09 bits per heavy atom. The van der Waals surface area contributed by atoms with Gasteiger partial charge in [0.1, 0.15) is 11.6 Å². The molecule has 0 bridgehead atoms. The summed E-state index contributed by atoms with van der Waals surface area (Å²) in [6.45, 7) is 4.16. The van der Waals surface area contributed by atoms with Gasteiger partial charge in [-0.05, 0) is 38.2 Å². The molecule has 1 saturated carbocycles. The van der Waals surface area contributed by atoms with Crippen molar-refractivity contribution < 1.29 is 9.47 Å². The predicted octanol–water partition coefficient (Wildman–Crippen LogP) is 1.99. The molecule has 3 heterocycles. The van der Waals surface area contributed by atoms with Gasteiger partial charge in [-0.25, -0.2) is 9.97 Å². The van der Waals surface area contributed by atoms with E-state index in [9.17, 15) is 0 Å². The molecule has 2 saturated heterocycles. The van der Waals surface area contributed by atoms with Gasteiger partial charge in [0.2, 0.25) is 0 Å². The first kappa shape index (κ1) is 15.3. The lowest BCUT2D eigenvalue weighted by atomic mass is 9.93. The summed E-state index contributed by atoms with van der Waals surface area (Å²) in [5.41, 5.74) is 0. The van der Waals surface area contributed by atoms with Crippen LogP contribution in [0.1, 0.15) is 44.0 Å². The summed E-state index contributed by atoms with van der Waals surface area (Å²) in [5, 5.41) is 3.52. The molecule has 23 heavy (non-hydrogen) atoms. The van der Waals surface area contributed by atoms with Gasteiger partial charge in [0.15, 0.2) is 0 Å². The van der Waals surface area contributed by atoms with Gasteiger partial charge in [-0.3, -0.25) is 4.90 Å². The Morgan fingerprint density at radius 3 is 2.74 bits per heavy atom. The predicted molar refractivity (Wildman–Crippen MR) is 87.4 cm³/mol. The molecule has 1 atom stereocenters. The van der Waals surface area contributed by atoms with Crippen LogP contribution in [0.5, 0.6) is 0 Å². The maximum Gasteiger partial charge on any atom is 0.150 e. The number of rotatable bonds is 4. The van der Waals surface area contributed by atoms with E-state index in [1.807, 2.05) is 12.3 Å². The van der Waals surface area contributed by atoms with Crippen LogP contribution in [0.3, 0.4) is 0 Å². The molecule has 4 rings (SSSR count). The van der Waals surface area contributed by atoms with Gasteiger partial charge in [-0.2, -0.15) is 0 Å². The number of ether oxygens (including phenoxy) is 2. The number of hydrogen-bond donors (Lipinski definition) is 1. The van der Waals surface area contributed by atoms with Gasteiger partial charge in [0.05, 0.1) is 19.3 Å². The minimum atomic E-state index is 0.162. The summed E-state index contributed by atoms with van der Waals surface area (Å²) < 4.78 is 11.3. The highest BCUT2D eigenvalue weighted by atomic mass is 16.5. The van der Waals surface area contributed by atoms with Crippen LogP contribution in [0.2, 0.25) is 0 Å². The largest absolute Gasteiger partial charge is 0.381 e. The van der Waals surface area contributed by atoms with Crippen molar-refractivity contribution in [2.75, 3.05) is 38.3 Å². The SMILES string of the molecule is c1cc(NC2CCC2)nc([C@@H]2COCCN2C2CCOCC2)n1. The molecule has 6 heteroatoms. The molecule has 0 aromatic carbocycles. The zero-order valence-electron chi connectivity index (χ0n) is 13.6. The maximum absolute atomic E-state index is 5.74. The number of hydrogen-bond acceptors (Lipinski definition) is 6. The van der Waals surface area contributed by atoms with Crippen LogP contribution in [-0.4, -0.2) is 59.9 Å². The van der Waals surface area contributed by atoms with Gasteiger partial charge < -0.3 is 14.8 Å². The summed E-state index contributed by atoms with van der Waals surface area (Å²) in [4.78, 5) is 11.9. The third-order valence-corrected chi connectivity index (χ3v) is 5.26. The zero-order valence-corrected chi connectivity index (χ0v) is 13.6. The Hall–Kier alpha value is -1.24. The molecule has 0 unspecified atom stereocenters. The van der Waals surface area contributed by atoms with Crippen molar-refractivity contribution in [3.05, 3.63) is 18.1 Å².